The number of rotatable bonds is 6. The normalized spacial score (nSPS) is 11.6. The molecular weight excluding hydrogens is 539 g/mol. The van der Waals surface area contributed by atoms with Crippen LogP contribution < -0.4 is 10.1 Å². The van der Waals surface area contributed by atoms with Crippen molar-refractivity contribution in [2.75, 3.05) is 4.90 Å². The van der Waals surface area contributed by atoms with Crippen LogP contribution in [0.5, 0.6) is 0 Å². The highest BCUT2D eigenvalue weighted by Crippen LogP contribution is 2.43. The predicted octanol–water partition coefficient (Wildman–Crippen LogP) is 10.1. The van der Waals surface area contributed by atoms with Gasteiger partial charge in [-0.2, -0.15) is 0 Å². The van der Waals surface area contributed by atoms with E-state index in [0.717, 1.165) is 22.9 Å². The van der Waals surface area contributed by atoms with Gasteiger partial charge in [-0.05, 0) is 80.3 Å². The van der Waals surface area contributed by atoms with Gasteiger partial charge in [-0.1, -0.05) is 111 Å². The van der Waals surface area contributed by atoms with E-state index in [4.69, 9.17) is 9.97 Å². The molecule has 2 heterocycles. The third-order valence-electron chi connectivity index (χ3n) is 8.12. The van der Waals surface area contributed by atoms with Crippen molar-refractivity contribution in [2.45, 2.75) is 19.6 Å². The van der Waals surface area contributed by atoms with Crippen molar-refractivity contribution < 1.29 is 0 Å². The number of hydrogen-bond acceptors (Lipinski definition) is 3. The first-order valence-corrected chi connectivity index (χ1v) is 18.3. The molecule has 208 valence electrons. The molecule has 0 amide bonds. The summed E-state index contributed by atoms with van der Waals surface area (Å²) in [5.74, 6) is 0.913. The van der Waals surface area contributed by atoms with Crippen LogP contribution in [-0.2, 0) is 0 Å². The first kappa shape index (κ1) is 26.8. The van der Waals surface area contributed by atoms with Crippen molar-refractivity contribution in [1.82, 2.24) is 9.97 Å². The minimum atomic E-state index is -1.45. The highest BCUT2D eigenvalue weighted by atomic mass is 28.3. The molecule has 0 unspecified atom stereocenters. The van der Waals surface area contributed by atoms with E-state index in [2.05, 4.69) is 158 Å². The summed E-state index contributed by atoms with van der Waals surface area (Å²) in [4.78, 5) is 11.9. The molecule has 0 atom stereocenters. The fourth-order valence-electron chi connectivity index (χ4n) is 5.96. The lowest BCUT2D eigenvalue weighted by Gasteiger charge is -2.25. The van der Waals surface area contributed by atoms with Crippen molar-refractivity contribution >= 4 is 52.0 Å². The Labute approximate surface area is 254 Å². The van der Waals surface area contributed by atoms with Crippen LogP contribution in [0.3, 0.4) is 0 Å². The molecule has 0 aliphatic heterocycles. The lowest BCUT2D eigenvalue weighted by Crippen LogP contribution is -2.37. The van der Waals surface area contributed by atoms with Crippen LogP contribution >= 0.6 is 0 Å². The second kappa shape index (κ2) is 11.0. The molecule has 0 fully saturated rings. The van der Waals surface area contributed by atoms with E-state index < -0.39 is 8.07 Å². The smallest absolute Gasteiger partial charge is 0.137 e. The van der Waals surface area contributed by atoms with E-state index in [9.17, 15) is 0 Å². The zero-order valence-electron chi connectivity index (χ0n) is 24.7. The van der Waals surface area contributed by atoms with Crippen LogP contribution in [0.25, 0.3) is 43.9 Å². The van der Waals surface area contributed by atoms with Gasteiger partial charge in [0.15, 0.2) is 0 Å². The quantitative estimate of drug-likeness (QED) is 0.147. The number of fused-ring (bicyclic) bond motifs is 2. The van der Waals surface area contributed by atoms with E-state index in [1.54, 1.807) is 0 Å². The summed E-state index contributed by atoms with van der Waals surface area (Å²) in [7, 11) is -1.45. The monoisotopic (exact) mass is 571 g/mol. The minimum Gasteiger partial charge on any atom is -0.295 e. The van der Waals surface area contributed by atoms with Gasteiger partial charge in [0, 0.05) is 29.3 Å². The number of anilines is 3. The fourth-order valence-corrected chi connectivity index (χ4v) is 6.99. The van der Waals surface area contributed by atoms with Gasteiger partial charge in [0.05, 0.1) is 13.8 Å². The Kier molecular flexibility index (Phi) is 6.84. The molecule has 0 radical (unpaired) electrons. The average Bonchev–Trinajstić information content (AvgIpc) is 3.05. The Morgan fingerprint density at radius 1 is 0.488 bits per heavy atom. The Balaban J connectivity index is 1.39. The van der Waals surface area contributed by atoms with Gasteiger partial charge in [0.1, 0.15) is 5.82 Å². The minimum absolute atomic E-state index is 0.913. The molecule has 3 nitrogen and oxygen atoms in total. The molecule has 43 heavy (non-hydrogen) atoms. The summed E-state index contributed by atoms with van der Waals surface area (Å²) in [6.07, 6.45) is 3.94. The second-order valence-corrected chi connectivity index (χ2v) is 17.0. The maximum atomic E-state index is 4.95. The van der Waals surface area contributed by atoms with Crippen LogP contribution in [0.15, 0.2) is 146 Å². The topological polar surface area (TPSA) is 29.0 Å². The van der Waals surface area contributed by atoms with Gasteiger partial charge in [0.25, 0.3) is 0 Å². The first-order valence-electron chi connectivity index (χ1n) is 14.8. The molecular formula is C39H33N3Si. The Hall–Kier alpha value is -5.06. The van der Waals surface area contributed by atoms with Crippen molar-refractivity contribution in [1.29, 1.82) is 0 Å². The Morgan fingerprint density at radius 2 is 1.05 bits per heavy atom. The zero-order valence-corrected chi connectivity index (χ0v) is 25.7. The summed E-state index contributed by atoms with van der Waals surface area (Å²) >= 11 is 0. The molecule has 7 rings (SSSR count). The molecule has 2 aromatic heterocycles. The predicted molar refractivity (Wildman–Crippen MR) is 186 cm³/mol. The molecule has 0 aliphatic carbocycles. The number of nitrogens with zero attached hydrogens (tertiary/aromatic N) is 3. The van der Waals surface area contributed by atoms with Crippen molar-refractivity contribution in [3.63, 3.8) is 0 Å². The first-order chi connectivity index (χ1) is 21.0. The summed E-state index contributed by atoms with van der Waals surface area (Å²) < 4.78 is 0. The summed E-state index contributed by atoms with van der Waals surface area (Å²) in [6.45, 7) is 7.06. The molecule has 4 heteroatoms. The summed E-state index contributed by atoms with van der Waals surface area (Å²) in [6, 6.07) is 47.4. The fraction of sp³-hybridized carbons (Fsp3) is 0.0769. The third-order valence-corrected chi connectivity index (χ3v) is 10.2. The summed E-state index contributed by atoms with van der Waals surface area (Å²) in [5.41, 5.74) is 6.74. The van der Waals surface area contributed by atoms with Crippen LogP contribution in [-0.4, -0.2) is 18.0 Å². The highest BCUT2D eigenvalue weighted by Gasteiger charge is 2.20. The number of pyridine rings is 2. The molecule has 0 aliphatic rings. The largest absolute Gasteiger partial charge is 0.295 e. The molecule has 0 N–H and O–H groups in total. The van der Waals surface area contributed by atoms with E-state index >= 15 is 0 Å². The molecule has 0 saturated carbocycles. The lowest BCUT2D eigenvalue weighted by molar-refractivity contribution is 1.18. The number of benzene rings is 5. The molecule has 7 aromatic rings. The van der Waals surface area contributed by atoms with E-state index in [1.165, 1.54) is 43.4 Å². The summed E-state index contributed by atoms with van der Waals surface area (Å²) in [5, 5.41) is 6.21. The second-order valence-electron chi connectivity index (χ2n) is 11.9. The molecule has 0 saturated heterocycles. The van der Waals surface area contributed by atoms with Gasteiger partial charge in [0.2, 0.25) is 0 Å². The van der Waals surface area contributed by atoms with Crippen LogP contribution in [0.4, 0.5) is 17.2 Å². The van der Waals surface area contributed by atoms with E-state index in [-0.39, 0.29) is 0 Å². The van der Waals surface area contributed by atoms with Gasteiger partial charge in [-0.15, -0.1) is 0 Å². The van der Waals surface area contributed by atoms with Gasteiger partial charge in [-0.3, -0.25) is 9.88 Å². The van der Waals surface area contributed by atoms with Crippen LogP contribution in [0, 0.1) is 0 Å². The standard InChI is InChI=1S/C39H33N3Si/c1-43(2,3)31-24-25-37(41-27-31)42(29-13-5-4-6-14-29)30-22-20-28(21-23-30)38-32-15-7-9-17-34(32)39(36-19-11-12-26-40-36)35-18-10-8-16-33(35)38/h4-27H,1-3H3. The molecule has 0 bridgehead atoms. The number of para-hydroxylation sites is 1. The van der Waals surface area contributed by atoms with Gasteiger partial charge >= 0.3 is 0 Å². The molecule has 0 spiro atoms. The van der Waals surface area contributed by atoms with Crippen LogP contribution in [0.2, 0.25) is 19.6 Å². The highest BCUT2D eigenvalue weighted by molar-refractivity contribution is 6.88. The van der Waals surface area contributed by atoms with Gasteiger partial charge < -0.3 is 0 Å². The van der Waals surface area contributed by atoms with Crippen molar-refractivity contribution in [2.24, 2.45) is 0 Å². The Morgan fingerprint density at radius 3 is 1.58 bits per heavy atom. The SMILES string of the molecule is C[Si](C)(C)c1ccc(N(c2ccccc2)c2ccc(-c3c4ccccc4c(-c4ccccn4)c4ccccc34)cc2)nc1. The molecule has 5 aromatic carbocycles. The zero-order chi connectivity index (χ0) is 29.4. The number of aromatic nitrogens is 2. The maximum Gasteiger partial charge on any atom is 0.137 e. The average molecular weight is 572 g/mol. The van der Waals surface area contributed by atoms with E-state index in [1.807, 2.05) is 12.3 Å². The lowest BCUT2D eigenvalue weighted by atomic mass is 9.87. The number of hydrogen-bond donors (Lipinski definition) is 0. The third kappa shape index (κ3) is 5.00. The maximum absolute atomic E-state index is 4.95. The van der Waals surface area contributed by atoms with Crippen molar-refractivity contribution in [3.05, 3.63) is 146 Å². The van der Waals surface area contributed by atoms with Crippen LogP contribution in [0.1, 0.15) is 0 Å². The Bertz CT molecular complexity index is 1970. The van der Waals surface area contributed by atoms with E-state index in [0.29, 0.717) is 0 Å². The van der Waals surface area contributed by atoms with Crippen molar-refractivity contribution in [3.8, 4) is 22.4 Å². The van der Waals surface area contributed by atoms with Gasteiger partial charge in [-0.25, -0.2) is 4.98 Å².